The highest BCUT2D eigenvalue weighted by molar-refractivity contribution is 6.50. The van der Waals surface area contributed by atoms with Crippen LogP contribution >= 0.6 is 11.6 Å². The van der Waals surface area contributed by atoms with Crippen molar-refractivity contribution < 1.29 is 9.59 Å². The Kier molecular flexibility index (Phi) is 3.90. The van der Waals surface area contributed by atoms with Crippen molar-refractivity contribution in [3.8, 4) is 0 Å². The van der Waals surface area contributed by atoms with Crippen molar-refractivity contribution in [2.45, 2.75) is 19.8 Å². The topological polar surface area (TPSA) is 72.2 Å². The second-order valence-corrected chi connectivity index (χ2v) is 4.78. The van der Waals surface area contributed by atoms with E-state index >= 15 is 0 Å². The van der Waals surface area contributed by atoms with Gasteiger partial charge in [0.1, 0.15) is 10.7 Å². The highest BCUT2D eigenvalue weighted by Gasteiger charge is 2.32. The molecule has 100 valence electrons. The third-order valence-electron chi connectivity index (χ3n) is 3.05. The fourth-order valence-electron chi connectivity index (χ4n) is 2.02. The van der Waals surface area contributed by atoms with Gasteiger partial charge >= 0.3 is 0 Å². The highest BCUT2D eigenvalue weighted by Crippen LogP contribution is 2.30. The lowest BCUT2D eigenvalue weighted by Gasteiger charge is -2.20. The van der Waals surface area contributed by atoms with E-state index in [1.54, 1.807) is 18.2 Å². The molecule has 5 heteroatoms. The number of hydrogen-bond donors (Lipinski definition) is 2. The zero-order valence-corrected chi connectivity index (χ0v) is 11.4. The lowest BCUT2D eigenvalue weighted by molar-refractivity contribution is 0.0975. The first kappa shape index (κ1) is 13.6. The van der Waals surface area contributed by atoms with Crippen molar-refractivity contribution in [3.63, 3.8) is 0 Å². The number of halogens is 1. The van der Waals surface area contributed by atoms with E-state index in [0.29, 0.717) is 12.2 Å². The van der Waals surface area contributed by atoms with E-state index in [1.165, 1.54) is 0 Å². The van der Waals surface area contributed by atoms with E-state index in [-0.39, 0.29) is 33.4 Å². The number of ketones is 2. The van der Waals surface area contributed by atoms with Crippen molar-refractivity contribution >= 4 is 28.9 Å². The molecule has 19 heavy (non-hydrogen) atoms. The summed E-state index contributed by atoms with van der Waals surface area (Å²) in [4.78, 5) is 24.5. The molecule has 0 bridgehead atoms. The number of nitrogen functional groups attached to an aromatic ring is 1. The molecule has 1 aromatic rings. The summed E-state index contributed by atoms with van der Waals surface area (Å²) >= 11 is 5.99. The van der Waals surface area contributed by atoms with E-state index < -0.39 is 0 Å². The molecule has 1 aliphatic carbocycles. The van der Waals surface area contributed by atoms with Crippen LogP contribution in [0, 0.1) is 0 Å². The largest absolute Gasteiger partial charge is 0.398 e. The fraction of sp³-hybridized carbons (Fsp3) is 0.286. The van der Waals surface area contributed by atoms with Gasteiger partial charge in [0.2, 0.25) is 11.6 Å². The predicted molar refractivity (Wildman–Crippen MR) is 75.3 cm³/mol. The van der Waals surface area contributed by atoms with Crippen LogP contribution in [0.1, 0.15) is 40.5 Å². The van der Waals surface area contributed by atoms with Gasteiger partial charge in [-0.2, -0.15) is 0 Å². The van der Waals surface area contributed by atoms with Gasteiger partial charge in [0.15, 0.2) is 0 Å². The first-order chi connectivity index (χ1) is 9.07. The molecule has 3 N–H and O–H groups in total. The molecule has 0 aliphatic heterocycles. The summed E-state index contributed by atoms with van der Waals surface area (Å²) in [5.74, 6) is -0.670. The molecular weight excluding hydrogens is 264 g/mol. The summed E-state index contributed by atoms with van der Waals surface area (Å²) in [6, 6.07) is 4.81. The van der Waals surface area contributed by atoms with E-state index in [1.807, 2.05) is 6.92 Å². The van der Waals surface area contributed by atoms with Crippen LogP contribution in [0.4, 0.5) is 5.69 Å². The lowest BCUT2D eigenvalue weighted by Crippen LogP contribution is -2.30. The second kappa shape index (κ2) is 5.45. The summed E-state index contributed by atoms with van der Waals surface area (Å²) in [6.07, 6.45) is 1.88. The monoisotopic (exact) mass is 278 g/mol. The smallest absolute Gasteiger partial charge is 0.213 e. The van der Waals surface area contributed by atoms with Crippen molar-refractivity contribution in [1.29, 1.82) is 0 Å². The third kappa shape index (κ3) is 2.36. The zero-order chi connectivity index (χ0) is 14.0. The number of benzene rings is 1. The Morgan fingerprint density at radius 2 is 2.00 bits per heavy atom. The van der Waals surface area contributed by atoms with Crippen LogP contribution in [0.2, 0.25) is 0 Å². The summed E-state index contributed by atoms with van der Waals surface area (Å²) < 4.78 is 0. The number of carbonyl (C=O) groups is 2. The molecule has 0 spiro atoms. The van der Waals surface area contributed by atoms with Crippen LogP contribution in [-0.4, -0.2) is 18.1 Å². The molecule has 2 rings (SSSR count). The van der Waals surface area contributed by atoms with E-state index in [2.05, 4.69) is 5.32 Å². The minimum Gasteiger partial charge on any atom is -0.398 e. The Hall–Kier alpha value is -1.81. The Labute approximate surface area is 116 Å². The number of carbonyl (C=O) groups excluding carboxylic acids is 2. The Balaban J connectivity index is 2.42. The maximum Gasteiger partial charge on any atom is 0.213 e. The van der Waals surface area contributed by atoms with Gasteiger partial charge in [-0.05, 0) is 12.5 Å². The number of unbranched alkanes of at least 4 members (excludes halogenated alkanes) is 1. The summed E-state index contributed by atoms with van der Waals surface area (Å²) in [6.45, 7) is 2.64. The minimum absolute atomic E-state index is 0.0563. The first-order valence-corrected chi connectivity index (χ1v) is 6.57. The number of fused-ring (bicyclic) bond motifs is 1. The SMILES string of the molecule is CCCCNC1=C(Cl)C(=O)c2cccc(N)c2C1=O. The van der Waals surface area contributed by atoms with E-state index in [4.69, 9.17) is 17.3 Å². The van der Waals surface area contributed by atoms with Gasteiger partial charge in [0, 0.05) is 17.8 Å². The molecular formula is C14H15ClN2O2. The van der Waals surface area contributed by atoms with Crippen LogP contribution in [0.5, 0.6) is 0 Å². The Morgan fingerprint density at radius 3 is 2.68 bits per heavy atom. The van der Waals surface area contributed by atoms with Crippen molar-refractivity contribution in [2.75, 3.05) is 12.3 Å². The summed E-state index contributed by atoms with van der Waals surface area (Å²) in [7, 11) is 0. The van der Waals surface area contributed by atoms with Gasteiger partial charge < -0.3 is 11.1 Å². The molecule has 0 heterocycles. The quantitative estimate of drug-likeness (QED) is 0.656. The van der Waals surface area contributed by atoms with Crippen molar-refractivity contribution in [3.05, 3.63) is 40.1 Å². The maximum absolute atomic E-state index is 12.4. The maximum atomic E-state index is 12.4. The average Bonchev–Trinajstić information content (AvgIpc) is 2.40. The van der Waals surface area contributed by atoms with Crippen molar-refractivity contribution in [1.82, 2.24) is 5.32 Å². The molecule has 0 atom stereocenters. The normalized spacial score (nSPS) is 14.6. The van der Waals surface area contributed by atoms with Gasteiger partial charge in [-0.3, -0.25) is 9.59 Å². The first-order valence-electron chi connectivity index (χ1n) is 6.19. The highest BCUT2D eigenvalue weighted by atomic mass is 35.5. The molecule has 0 radical (unpaired) electrons. The van der Waals surface area contributed by atoms with Gasteiger partial charge in [-0.1, -0.05) is 37.1 Å². The fourth-order valence-corrected chi connectivity index (χ4v) is 2.27. The third-order valence-corrected chi connectivity index (χ3v) is 3.41. The lowest BCUT2D eigenvalue weighted by atomic mass is 9.91. The molecule has 1 aliphatic rings. The average molecular weight is 279 g/mol. The zero-order valence-electron chi connectivity index (χ0n) is 10.6. The van der Waals surface area contributed by atoms with E-state index in [9.17, 15) is 9.59 Å². The Morgan fingerprint density at radius 1 is 1.26 bits per heavy atom. The number of allylic oxidation sites excluding steroid dienone is 2. The van der Waals surface area contributed by atoms with Crippen LogP contribution in [0.3, 0.4) is 0 Å². The number of nitrogens with two attached hydrogens (primary N) is 1. The number of anilines is 1. The van der Waals surface area contributed by atoms with Gasteiger partial charge in [0.25, 0.3) is 0 Å². The molecule has 1 aromatic carbocycles. The molecule has 0 amide bonds. The molecule has 0 saturated carbocycles. The Bertz CT molecular complexity index is 579. The van der Waals surface area contributed by atoms with Crippen LogP contribution in [0.15, 0.2) is 28.9 Å². The van der Waals surface area contributed by atoms with E-state index in [0.717, 1.165) is 12.8 Å². The second-order valence-electron chi connectivity index (χ2n) is 4.40. The summed E-state index contributed by atoms with van der Waals surface area (Å²) in [5, 5.41) is 2.89. The van der Waals surface area contributed by atoms with Gasteiger partial charge in [0.05, 0.1) is 5.56 Å². The molecule has 0 saturated heterocycles. The summed E-state index contributed by atoms with van der Waals surface area (Å²) in [5.41, 5.74) is 6.77. The molecule has 0 unspecified atom stereocenters. The standard InChI is InChI=1S/C14H15ClN2O2/c1-2-3-7-17-12-11(15)13(18)8-5-4-6-9(16)10(8)14(12)19/h4-6,17H,2-3,7,16H2,1H3. The van der Waals surface area contributed by atoms with Crippen LogP contribution < -0.4 is 11.1 Å². The molecule has 0 fully saturated rings. The van der Waals surface area contributed by atoms with Crippen molar-refractivity contribution in [2.24, 2.45) is 0 Å². The van der Waals surface area contributed by atoms with Crippen LogP contribution in [0.25, 0.3) is 0 Å². The van der Waals surface area contributed by atoms with Gasteiger partial charge in [-0.15, -0.1) is 0 Å². The number of rotatable bonds is 4. The van der Waals surface area contributed by atoms with Crippen LogP contribution in [-0.2, 0) is 0 Å². The minimum atomic E-state index is -0.359. The number of hydrogen-bond acceptors (Lipinski definition) is 4. The van der Waals surface area contributed by atoms with Gasteiger partial charge in [-0.25, -0.2) is 0 Å². The number of nitrogens with one attached hydrogen (secondary N) is 1. The molecule has 0 aromatic heterocycles. The molecule has 4 nitrogen and oxygen atoms in total. The predicted octanol–water partition coefficient (Wildman–Crippen LogP) is 2.49. The number of Topliss-reactive ketones (excluding diaryl/α,β-unsaturated/α-hetero) is 2.